The minimum atomic E-state index is -0.228. The number of aromatic nitrogens is 1. The number of unbranched alkanes of at least 4 members (excludes halogenated alkanes) is 3. The largest absolute Gasteiger partial charge is 0.457 e. The molecule has 1 N–H and O–H groups in total. The highest BCUT2D eigenvalue weighted by molar-refractivity contribution is 7.99. The molecule has 1 atom stereocenters. The topological polar surface area (TPSA) is 51.2 Å². The van der Waals surface area contributed by atoms with Crippen molar-refractivity contribution in [3.8, 4) is 11.5 Å². The SMILES string of the molecule is CCCCCCC(C(=O)Nc1c(SC)cc(C)nc1SC)c1ccc(Oc2ccccc2)cc1. The quantitative estimate of drug-likeness (QED) is 0.203. The Morgan fingerprint density at radius 1 is 0.971 bits per heavy atom. The highest BCUT2D eigenvalue weighted by atomic mass is 32.2. The molecule has 0 saturated heterocycles. The van der Waals surface area contributed by atoms with E-state index in [1.54, 1.807) is 23.5 Å². The van der Waals surface area contributed by atoms with Crippen molar-refractivity contribution in [2.75, 3.05) is 17.8 Å². The maximum atomic E-state index is 13.6. The van der Waals surface area contributed by atoms with Gasteiger partial charge in [0, 0.05) is 10.6 Å². The van der Waals surface area contributed by atoms with Crippen LogP contribution >= 0.6 is 23.5 Å². The third-order valence-corrected chi connectivity index (χ3v) is 7.11. The van der Waals surface area contributed by atoms with Gasteiger partial charge in [0.1, 0.15) is 16.5 Å². The van der Waals surface area contributed by atoms with E-state index in [2.05, 4.69) is 17.2 Å². The number of thioether (sulfide) groups is 2. The summed E-state index contributed by atoms with van der Waals surface area (Å²) in [6.07, 6.45) is 9.35. The van der Waals surface area contributed by atoms with Crippen molar-refractivity contribution in [1.82, 2.24) is 4.98 Å². The molecule has 180 valence electrons. The van der Waals surface area contributed by atoms with E-state index in [1.165, 1.54) is 12.8 Å². The van der Waals surface area contributed by atoms with Crippen LogP contribution in [0, 0.1) is 6.92 Å². The van der Waals surface area contributed by atoms with E-state index in [0.29, 0.717) is 0 Å². The number of carbonyl (C=O) groups excluding carboxylic acids is 1. The number of nitrogens with zero attached hydrogens (tertiary/aromatic N) is 1. The van der Waals surface area contributed by atoms with Crippen LogP contribution in [0.5, 0.6) is 11.5 Å². The Balaban J connectivity index is 1.82. The standard InChI is InChI=1S/C28H34N2O2S2/c1-5-6-7-11-14-24(21-15-17-23(18-16-21)32-22-12-9-8-10-13-22)27(31)30-26-25(33-3)19-20(2)29-28(26)34-4/h8-10,12-13,15-19,24H,5-7,11,14H2,1-4H3,(H,30,31). The van der Waals surface area contributed by atoms with E-state index in [9.17, 15) is 4.79 Å². The van der Waals surface area contributed by atoms with E-state index in [4.69, 9.17) is 4.74 Å². The summed E-state index contributed by atoms with van der Waals surface area (Å²) in [7, 11) is 0. The van der Waals surface area contributed by atoms with Gasteiger partial charge in [0.25, 0.3) is 0 Å². The van der Waals surface area contributed by atoms with E-state index in [-0.39, 0.29) is 11.8 Å². The molecule has 6 heteroatoms. The Hall–Kier alpha value is -2.44. The van der Waals surface area contributed by atoms with Crippen LogP contribution in [0.1, 0.15) is 56.2 Å². The lowest BCUT2D eigenvalue weighted by molar-refractivity contribution is -0.117. The Kier molecular flexibility index (Phi) is 10.4. The monoisotopic (exact) mass is 494 g/mol. The predicted octanol–water partition coefficient (Wildman–Crippen LogP) is 8.32. The Morgan fingerprint density at radius 2 is 1.68 bits per heavy atom. The second-order valence-electron chi connectivity index (χ2n) is 8.23. The third kappa shape index (κ3) is 7.28. The molecule has 2 aromatic carbocycles. The van der Waals surface area contributed by atoms with Gasteiger partial charge >= 0.3 is 0 Å². The summed E-state index contributed by atoms with van der Waals surface area (Å²) in [5, 5.41) is 4.08. The number of aryl methyl sites for hydroxylation is 1. The van der Waals surface area contributed by atoms with Crippen molar-refractivity contribution < 1.29 is 9.53 Å². The van der Waals surface area contributed by atoms with Crippen molar-refractivity contribution >= 4 is 35.1 Å². The average Bonchev–Trinajstić information content (AvgIpc) is 2.86. The molecule has 0 radical (unpaired) electrons. The molecule has 0 bridgehead atoms. The van der Waals surface area contributed by atoms with Crippen LogP contribution < -0.4 is 10.1 Å². The zero-order valence-corrected chi connectivity index (χ0v) is 22.1. The minimum Gasteiger partial charge on any atom is -0.457 e. The lowest BCUT2D eigenvalue weighted by atomic mass is 9.92. The van der Waals surface area contributed by atoms with Crippen molar-refractivity contribution in [2.45, 2.75) is 61.8 Å². The molecule has 1 amide bonds. The molecule has 0 aliphatic carbocycles. The number of benzene rings is 2. The first kappa shape index (κ1) is 26.2. The fourth-order valence-corrected chi connectivity index (χ4v) is 5.17. The number of carbonyl (C=O) groups is 1. The van der Waals surface area contributed by atoms with Crippen LogP contribution in [0.3, 0.4) is 0 Å². The van der Waals surface area contributed by atoms with Crippen molar-refractivity contribution in [2.24, 2.45) is 0 Å². The fraction of sp³-hybridized carbons (Fsp3) is 0.357. The van der Waals surface area contributed by atoms with Crippen LogP contribution in [0.15, 0.2) is 70.6 Å². The first-order valence-electron chi connectivity index (χ1n) is 11.8. The van der Waals surface area contributed by atoms with Gasteiger partial charge in [-0.15, -0.1) is 23.5 Å². The Labute approximate surface area is 212 Å². The summed E-state index contributed by atoms with van der Waals surface area (Å²) < 4.78 is 5.94. The molecule has 34 heavy (non-hydrogen) atoms. The van der Waals surface area contributed by atoms with Crippen LogP contribution in [0.4, 0.5) is 5.69 Å². The number of hydrogen-bond donors (Lipinski definition) is 1. The number of ether oxygens (including phenoxy) is 1. The molecule has 0 saturated carbocycles. The van der Waals surface area contributed by atoms with Gasteiger partial charge in [-0.2, -0.15) is 0 Å². The molecular formula is C28H34N2O2S2. The number of nitrogens with one attached hydrogen (secondary N) is 1. The number of rotatable bonds is 12. The molecule has 0 fully saturated rings. The summed E-state index contributed by atoms with van der Waals surface area (Å²) in [5.74, 6) is 1.35. The first-order valence-corrected chi connectivity index (χ1v) is 14.2. The number of hydrogen-bond acceptors (Lipinski definition) is 5. The molecule has 1 heterocycles. The Morgan fingerprint density at radius 3 is 2.32 bits per heavy atom. The van der Waals surface area contributed by atoms with Crippen molar-refractivity contribution in [3.05, 3.63) is 71.9 Å². The normalized spacial score (nSPS) is 11.8. The van der Waals surface area contributed by atoms with Crippen LogP contribution in [-0.4, -0.2) is 23.4 Å². The van der Waals surface area contributed by atoms with Gasteiger partial charge < -0.3 is 10.1 Å². The van der Waals surface area contributed by atoms with Gasteiger partial charge in [-0.05, 0) is 61.8 Å². The number of amides is 1. The van der Waals surface area contributed by atoms with Gasteiger partial charge in [-0.25, -0.2) is 4.98 Å². The van der Waals surface area contributed by atoms with Crippen molar-refractivity contribution in [3.63, 3.8) is 0 Å². The average molecular weight is 495 g/mol. The third-order valence-electron chi connectivity index (χ3n) is 5.66. The lowest BCUT2D eigenvalue weighted by Crippen LogP contribution is -2.22. The zero-order valence-electron chi connectivity index (χ0n) is 20.5. The van der Waals surface area contributed by atoms with Crippen LogP contribution in [0.25, 0.3) is 0 Å². The van der Waals surface area contributed by atoms with Gasteiger partial charge in [-0.3, -0.25) is 4.79 Å². The second kappa shape index (κ2) is 13.4. The van der Waals surface area contributed by atoms with Gasteiger partial charge in [0.15, 0.2) is 0 Å². The second-order valence-corrected chi connectivity index (χ2v) is 9.87. The van der Waals surface area contributed by atoms with Gasteiger partial charge in [-0.1, -0.05) is 62.9 Å². The molecule has 4 nitrogen and oxygen atoms in total. The predicted molar refractivity (Wildman–Crippen MR) is 146 cm³/mol. The van der Waals surface area contributed by atoms with Crippen LogP contribution in [-0.2, 0) is 4.79 Å². The molecule has 3 aromatic rings. The van der Waals surface area contributed by atoms with Gasteiger partial charge in [0.2, 0.25) is 5.91 Å². The smallest absolute Gasteiger partial charge is 0.232 e. The Bertz CT molecular complexity index is 1030. The summed E-state index contributed by atoms with van der Waals surface area (Å²) >= 11 is 3.19. The number of para-hydroxylation sites is 1. The van der Waals surface area contributed by atoms with Gasteiger partial charge in [0.05, 0.1) is 11.6 Å². The summed E-state index contributed by atoms with van der Waals surface area (Å²) in [5.41, 5.74) is 2.78. The fourth-order valence-electron chi connectivity index (χ4n) is 3.87. The van der Waals surface area contributed by atoms with Crippen molar-refractivity contribution in [1.29, 1.82) is 0 Å². The minimum absolute atomic E-state index is 0.0180. The summed E-state index contributed by atoms with van der Waals surface area (Å²) in [6.45, 7) is 4.19. The lowest BCUT2D eigenvalue weighted by Gasteiger charge is -2.20. The van der Waals surface area contributed by atoms with E-state index < -0.39 is 0 Å². The summed E-state index contributed by atoms with van der Waals surface area (Å²) in [6, 6.07) is 19.7. The molecular weight excluding hydrogens is 460 g/mol. The van der Waals surface area contributed by atoms with Crippen LogP contribution in [0.2, 0.25) is 0 Å². The maximum absolute atomic E-state index is 13.6. The maximum Gasteiger partial charge on any atom is 0.232 e. The highest BCUT2D eigenvalue weighted by Gasteiger charge is 2.23. The number of anilines is 1. The number of pyridine rings is 1. The molecule has 0 spiro atoms. The van der Waals surface area contributed by atoms with E-state index >= 15 is 0 Å². The van der Waals surface area contributed by atoms with E-state index in [0.717, 1.165) is 57.6 Å². The molecule has 0 aliphatic heterocycles. The molecule has 3 rings (SSSR count). The zero-order chi connectivity index (χ0) is 24.3. The molecule has 0 aliphatic rings. The molecule has 1 unspecified atom stereocenters. The molecule has 1 aromatic heterocycles. The first-order chi connectivity index (χ1) is 16.5. The van der Waals surface area contributed by atoms with E-state index in [1.807, 2.05) is 80.1 Å². The summed E-state index contributed by atoms with van der Waals surface area (Å²) in [4.78, 5) is 19.3. The highest BCUT2D eigenvalue weighted by Crippen LogP contribution is 2.35.